The smallest absolute Gasteiger partial charge is 0.219 e. The Labute approximate surface area is 105 Å². The van der Waals surface area contributed by atoms with Gasteiger partial charge >= 0.3 is 0 Å². The van der Waals surface area contributed by atoms with Gasteiger partial charge in [-0.15, -0.1) is 0 Å². The van der Waals surface area contributed by atoms with E-state index < -0.39 is 0 Å². The second-order valence-corrected chi connectivity index (χ2v) is 4.44. The molecule has 0 aliphatic heterocycles. The standard InChI is InChI=1S/C13H28N2O2/c14-10-6-2-1-5-9-13(17)15-11-7-3-4-8-12-16/h16H,1-12,14H2,(H,15,17). The van der Waals surface area contributed by atoms with E-state index in [-0.39, 0.29) is 12.5 Å². The third kappa shape index (κ3) is 13.3. The van der Waals surface area contributed by atoms with Crippen LogP contribution in [0.15, 0.2) is 0 Å². The van der Waals surface area contributed by atoms with E-state index in [1.54, 1.807) is 0 Å². The number of nitrogens with two attached hydrogens (primary N) is 1. The highest BCUT2D eigenvalue weighted by Gasteiger charge is 1.99. The van der Waals surface area contributed by atoms with Crippen molar-refractivity contribution in [1.82, 2.24) is 5.32 Å². The van der Waals surface area contributed by atoms with Crippen molar-refractivity contribution in [2.45, 2.75) is 57.8 Å². The lowest BCUT2D eigenvalue weighted by molar-refractivity contribution is -0.121. The number of amides is 1. The maximum atomic E-state index is 11.4. The minimum atomic E-state index is 0.167. The third-order valence-corrected chi connectivity index (χ3v) is 2.77. The SMILES string of the molecule is NCCCCCCC(=O)NCCCCCCO. The molecule has 0 aliphatic rings. The number of unbranched alkanes of at least 4 members (excludes halogenated alkanes) is 6. The number of aliphatic hydroxyl groups excluding tert-OH is 1. The Morgan fingerprint density at radius 1 is 0.941 bits per heavy atom. The van der Waals surface area contributed by atoms with Gasteiger partial charge in [-0.2, -0.15) is 0 Å². The second-order valence-electron chi connectivity index (χ2n) is 4.44. The number of carbonyl (C=O) groups is 1. The predicted molar refractivity (Wildman–Crippen MR) is 70.7 cm³/mol. The highest BCUT2D eigenvalue weighted by molar-refractivity contribution is 5.75. The van der Waals surface area contributed by atoms with Gasteiger partial charge in [0.2, 0.25) is 5.91 Å². The molecular weight excluding hydrogens is 216 g/mol. The van der Waals surface area contributed by atoms with Crippen molar-refractivity contribution in [1.29, 1.82) is 0 Å². The van der Waals surface area contributed by atoms with E-state index in [9.17, 15) is 4.79 Å². The van der Waals surface area contributed by atoms with Crippen molar-refractivity contribution in [3.63, 3.8) is 0 Å². The van der Waals surface area contributed by atoms with Gasteiger partial charge in [-0.3, -0.25) is 4.79 Å². The van der Waals surface area contributed by atoms with E-state index in [2.05, 4.69) is 5.32 Å². The quantitative estimate of drug-likeness (QED) is 0.456. The topological polar surface area (TPSA) is 75.4 Å². The highest BCUT2D eigenvalue weighted by Crippen LogP contribution is 2.02. The van der Waals surface area contributed by atoms with Gasteiger partial charge in [-0.05, 0) is 32.2 Å². The Morgan fingerprint density at radius 3 is 2.29 bits per heavy atom. The summed E-state index contributed by atoms with van der Waals surface area (Å²) in [5, 5.41) is 11.5. The van der Waals surface area contributed by atoms with Crippen LogP contribution in [0.5, 0.6) is 0 Å². The minimum Gasteiger partial charge on any atom is -0.396 e. The lowest BCUT2D eigenvalue weighted by Gasteiger charge is -2.05. The summed E-state index contributed by atoms with van der Waals surface area (Å²) >= 11 is 0. The third-order valence-electron chi connectivity index (χ3n) is 2.77. The molecule has 4 heteroatoms. The molecule has 0 unspecified atom stereocenters. The summed E-state index contributed by atoms with van der Waals surface area (Å²) in [5.41, 5.74) is 5.39. The van der Waals surface area contributed by atoms with Gasteiger partial charge in [0.15, 0.2) is 0 Å². The summed E-state index contributed by atoms with van der Waals surface area (Å²) in [6, 6.07) is 0. The Balaban J connectivity index is 3.12. The van der Waals surface area contributed by atoms with E-state index in [1.807, 2.05) is 0 Å². The van der Waals surface area contributed by atoms with Crippen LogP contribution >= 0.6 is 0 Å². The molecule has 0 aliphatic carbocycles. The van der Waals surface area contributed by atoms with Crippen molar-refractivity contribution in [2.75, 3.05) is 19.7 Å². The molecule has 0 spiro atoms. The first kappa shape index (κ1) is 16.4. The van der Waals surface area contributed by atoms with Crippen LogP contribution < -0.4 is 11.1 Å². The number of aliphatic hydroxyl groups is 1. The largest absolute Gasteiger partial charge is 0.396 e. The van der Waals surface area contributed by atoms with Crippen LogP contribution in [0.25, 0.3) is 0 Å². The molecule has 0 saturated carbocycles. The van der Waals surface area contributed by atoms with E-state index in [4.69, 9.17) is 10.8 Å². The summed E-state index contributed by atoms with van der Waals surface area (Å²) < 4.78 is 0. The van der Waals surface area contributed by atoms with E-state index in [0.29, 0.717) is 6.42 Å². The number of hydrogen-bond donors (Lipinski definition) is 3. The fourth-order valence-corrected chi connectivity index (χ4v) is 1.69. The van der Waals surface area contributed by atoms with Gasteiger partial charge < -0.3 is 16.2 Å². The molecule has 1 amide bonds. The molecule has 0 rings (SSSR count). The maximum Gasteiger partial charge on any atom is 0.219 e. The lowest BCUT2D eigenvalue weighted by atomic mass is 10.1. The first-order valence-corrected chi connectivity index (χ1v) is 6.89. The van der Waals surface area contributed by atoms with Crippen LogP contribution in [0.1, 0.15) is 57.8 Å². The summed E-state index contributed by atoms with van der Waals surface area (Å²) in [5.74, 6) is 0.167. The number of hydrogen-bond acceptors (Lipinski definition) is 3. The molecule has 0 aromatic heterocycles. The van der Waals surface area contributed by atoms with Crippen LogP contribution in [0.2, 0.25) is 0 Å². The average molecular weight is 244 g/mol. The average Bonchev–Trinajstić information content (AvgIpc) is 2.33. The fourth-order valence-electron chi connectivity index (χ4n) is 1.69. The molecule has 17 heavy (non-hydrogen) atoms. The summed E-state index contributed by atoms with van der Waals surface area (Å²) in [7, 11) is 0. The van der Waals surface area contributed by atoms with Crippen molar-refractivity contribution in [3.8, 4) is 0 Å². The lowest BCUT2D eigenvalue weighted by Crippen LogP contribution is -2.23. The fraction of sp³-hybridized carbons (Fsp3) is 0.923. The Kier molecular flexibility index (Phi) is 13.0. The number of rotatable bonds is 12. The molecule has 0 aromatic rings. The molecule has 0 saturated heterocycles. The van der Waals surface area contributed by atoms with Crippen molar-refractivity contribution in [2.24, 2.45) is 5.73 Å². The first-order chi connectivity index (χ1) is 8.31. The van der Waals surface area contributed by atoms with Gasteiger partial charge in [0.05, 0.1) is 0 Å². The molecule has 0 aromatic carbocycles. The molecule has 0 atom stereocenters. The molecule has 0 radical (unpaired) electrons. The van der Waals surface area contributed by atoms with Gasteiger partial charge in [0, 0.05) is 19.6 Å². The number of nitrogens with one attached hydrogen (secondary N) is 1. The monoisotopic (exact) mass is 244 g/mol. The zero-order chi connectivity index (χ0) is 12.8. The van der Waals surface area contributed by atoms with Crippen molar-refractivity contribution in [3.05, 3.63) is 0 Å². The number of carbonyl (C=O) groups excluding carboxylic acids is 1. The van der Waals surface area contributed by atoms with Crippen LogP contribution in [0.3, 0.4) is 0 Å². The zero-order valence-corrected chi connectivity index (χ0v) is 10.9. The second kappa shape index (κ2) is 13.5. The molecule has 102 valence electrons. The summed E-state index contributed by atoms with van der Waals surface area (Å²) in [6.07, 6.45) is 8.91. The molecule has 0 fully saturated rings. The van der Waals surface area contributed by atoms with Gasteiger partial charge in [0.1, 0.15) is 0 Å². The maximum absolute atomic E-state index is 11.4. The molecule has 0 heterocycles. The van der Waals surface area contributed by atoms with Crippen LogP contribution in [0.4, 0.5) is 0 Å². The first-order valence-electron chi connectivity index (χ1n) is 6.89. The normalized spacial score (nSPS) is 10.5. The Bertz CT molecular complexity index is 175. The molecule has 4 nitrogen and oxygen atoms in total. The zero-order valence-electron chi connectivity index (χ0n) is 10.9. The van der Waals surface area contributed by atoms with Crippen molar-refractivity contribution < 1.29 is 9.90 Å². The van der Waals surface area contributed by atoms with E-state index in [1.165, 1.54) is 0 Å². The summed E-state index contributed by atoms with van der Waals surface area (Å²) in [4.78, 5) is 11.4. The van der Waals surface area contributed by atoms with Crippen LogP contribution in [-0.2, 0) is 4.79 Å². The molecular formula is C13H28N2O2. The minimum absolute atomic E-state index is 0.167. The van der Waals surface area contributed by atoms with Crippen LogP contribution in [-0.4, -0.2) is 30.7 Å². The van der Waals surface area contributed by atoms with Crippen molar-refractivity contribution >= 4 is 5.91 Å². The molecule has 0 bridgehead atoms. The van der Waals surface area contributed by atoms with Gasteiger partial charge in [-0.1, -0.05) is 25.7 Å². The van der Waals surface area contributed by atoms with Crippen LogP contribution in [0, 0.1) is 0 Å². The van der Waals surface area contributed by atoms with E-state index in [0.717, 1.165) is 64.5 Å². The Hall–Kier alpha value is -0.610. The Morgan fingerprint density at radius 2 is 1.59 bits per heavy atom. The summed E-state index contributed by atoms with van der Waals surface area (Å²) in [6.45, 7) is 1.79. The predicted octanol–water partition coefficient (Wildman–Crippen LogP) is 1.56. The molecule has 4 N–H and O–H groups in total. The van der Waals surface area contributed by atoms with Gasteiger partial charge in [-0.25, -0.2) is 0 Å². The van der Waals surface area contributed by atoms with Gasteiger partial charge in [0.25, 0.3) is 0 Å². The highest BCUT2D eigenvalue weighted by atomic mass is 16.2. The van der Waals surface area contributed by atoms with E-state index >= 15 is 0 Å².